The van der Waals surface area contributed by atoms with Crippen molar-refractivity contribution in [3.63, 3.8) is 0 Å². The Hall–Kier alpha value is -2.42. The Morgan fingerprint density at radius 1 is 1.15 bits per heavy atom. The molecule has 3 rings (SSSR count). The van der Waals surface area contributed by atoms with E-state index in [9.17, 15) is 5.26 Å². The molecule has 0 saturated carbocycles. The molecule has 3 aromatic rings. The highest BCUT2D eigenvalue weighted by molar-refractivity contribution is 9.10. The number of aromatic nitrogens is 1. The number of nitriles is 1. The zero-order valence-electron chi connectivity index (χ0n) is 14.8. The zero-order chi connectivity index (χ0) is 18.7. The molecule has 0 spiro atoms. The number of nitrogens with zero attached hydrogens (tertiary/aromatic N) is 2. The van der Waals surface area contributed by atoms with Gasteiger partial charge in [-0.05, 0) is 50.1 Å². The molecule has 0 radical (unpaired) electrons. The number of hydrogen-bond donors (Lipinski definition) is 1. The van der Waals surface area contributed by atoms with Crippen LogP contribution >= 0.6 is 27.3 Å². The van der Waals surface area contributed by atoms with E-state index in [0.29, 0.717) is 10.6 Å². The first-order valence-corrected chi connectivity index (χ1v) is 9.81. The minimum atomic E-state index is 0.522. The van der Waals surface area contributed by atoms with E-state index < -0.39 is 0 Å². The standard InChI is InChI=1S/C21H18BrN3S/c1-13-4-6-18(14(2)8-13)20-12-26-21(25-20)16(10-23)11-24-19-7-5-17(22)9-15(19)3/h4-9,11-12,24H,1-3H3/b16-11+. The van der Waals surface area contributed by atoms with Crippen LogP contribution in [0.25, 0.3) is 16.8 Å². The molecule has 1 N–H and O–H groups in total. The van der Waals surface area contributed by atoms with Crippen LogP contribution in [0, 0.1) is 32.1 Å². The second kappa shape index (κ2) is 7.86. The smallest absolute Gasteiger partial charge is 0.136 e. The molecule has 130 valence electrons. The first kappa shape index (κ1) is 18.4. The van der Waals surface area contributed by atoms with Gasteiger partial charge in [-0.3, -0.25) is 0 Å². The van der Waals surface area contributed by atoms with E-state index in [0.717, 1.165) is 27.0 Å². The highest BCUT2D eigenvalue weighted by Gasteiger charge is 2.11. The van der Waals surface area contributed by atoms with Crippen LogP contribution < -0.4 is 5.32 Å². The highest BCUT2D eigenvalue weighted by Crippen LogP contribution is 2.29. The minimum absolute atomic E-state index is 0.522. The van der Waals surface area contributed by atoms with Crippen LogP contribution in [0.4, 0.5) is 5.69 Å². The van der Waals surface area contributed by atoms with Crippen LogP contribution in [0.5, 0.6) is 0 Å². The lowest BCUT2D eigenvalue weighted by Crippen LogP contribution is -1.93. The number of thiazole rings is 1. The van der Waals surface area contributed by atoms with Gasteiger partial charge in [0, 0.05) is 27.3 Å². The molecule has 0 saturated heterocycles. The van der Waals surface area contributed by atoms with Crippen molar-refractivity contribution in [2.24, 2.45) is 0 Å². The van der Waals surface area contributed by atoms with E-state index in [2.05, 4.69) is 64.3 Å². The Labute approximate surface area is 166 Å². The van der Waals surface area contributed by atoms with Crippen LogP contribution in [0.2, 0.25) is 0 Å². The maximum atomic E-state index is 9.54. The van der Waals surface area contributed by atoms with Gasteiger partial charge in [-0.25, -0.2) is 4.98 Å². The quantitative estimate of drug-likeness (QED) is 0.488. The molecule has 0 aliphatic heterocycles. The minimum Gasteiger partial charge on any atom is -0.360 e. The number of halogens is 1. The van der Waals surface area contributed by atoms with Gasteiger partial charge in [-0.2, -0.15) is 5.26 Å². The van der Waals surface area contributed by atoms with Crippen molar-refractivity contribution in [2.75, 3.05) is 5.32 Å². The van der Waals surface area contributed by atoms with E-state index >= 15 is 0 Å². The van der Waals surface area contributed by atoms with Crippen LogP contribution in [-0.4, -0.2) is 4.98 Å². The summed E-state index contributed by atoms with van der Waals surface area (Å²) in [6.07, 6.45) is 1.72. The van der Waals surface area contributed by atoms with Gasteiger partial charge in [-0.1, -0.05) is 39.7 Å². The largest absolute Gasteiger partial charge is 0.360 e. The molecule has 5 heteroatoms. The summed E-state index contributed by atoms with van der Waals surface area (Å²) < 4.78 is 1.03. The average Bonchev–Trinajstić information content (AvgIpc) is 3.06. The molecule has 1 heterocycles. The molecule has 0 fully saturated rings. The van der Waals surface area contributed by atoms with E-state index in [1.807, 2.05) is 30.5 Å². The summed E-state index contributed by atoms with van der Waals surface area (Å²) in [6, 6.07) is 14.5. The molecule has 0 unspecified atom stereocenters. The van der Waals surface area contributed by atoms with E-state index in [4.69, 9.17) is 0 Å². The van der Waals surface area contributed by atoms with Gasteiger partial charge in [0.05, 0.1) is 5.69 Å². The monoisotopic (exact) mass is 423 g/mol. The predicted molar refractivity (Wildman–Crippen MR) is 113 cm³/mol. The molecule has 1 aromatic heterocycles. The SMILES string of the molecule is Cc1ccc(-c2csc(/C(C#N)=C/Nc3ccc(Br)cc3C)n2)c(C)c1. The Kier molecular flexibility index (Phi) is 5.55. The summed E-state index contributed by atoms with van der Waals surface area (Å²) >= 11 is 4.94. The number of allylic oxidation sites excluding steroid dienone is 1. The van der Waals surface area contributed by atoms with Crippen molar-refractivity contribution >= 4 is 38.5 Å². The van der Waals surface area contributed by atoms with Crippen molar-refractivity contribution in [2.45, 2.75) is 20.8 Å². The van der Waals surface area contributed by atoms with Gasteiger partial charge < -0.3 is 5.32 Å². The maximum Gasteiger partial charge on any atom is 0.136 e. The summed E-state index contributed by atoms with van der Waals surface area (Å²) in [5, 5.41) is 15.5. The van der Waals surface area contributed by atoms with Crippen LogP contribution in [-0.2, 0) is 0 Å². The normalized spacial score (nSPS) is 11.3. The molecular formula is C21H18BrN3S. The topological polar surface area (TPSA) is 48.7 Å². The van der Waals surface area contributed by atoms with Crippen LogP contribution in [0.1, 0.15) is 21.7 Å². The van der Waals surface area contributed by atoms with Gasteiger partial charge in [0.1, 0.15) is 16.6 Å². The Morgan fingerprint density at radius 3 is 2.65 bits per heavy atom. The average molecular weight is 424 g/mol. The highest BCUT2D eigenvalue weighted by atomic mass is 79.9. The molecule has 0 amide bonds. The summed E-state index contributed by atoms with van der Waals surface area (Å²) in [7, 11) is 0. The number of benzene rings is 2. The molecule has 26 heavy (non-hydrogen) atoms. The first-order chi connectivity index (χ1) is 12.5. The fourth-order valence-corrected chi connectivity index (χ4v) is 3.96. The molecule has 0 bridgehead atoms. The summed E-state index contributed by atoms with van der Waals surface area (Å²) in [5.41, 5.74) is 7.01. The summed E-state index contributed by atoms with van der Waals surface area (Å²) in [5.74, 6) is 0. The fourth-order valence-electron chi connectivity index (χ4n) is 2.70. The Balaban J connectivity index is 1.87. The lowest BCUT2D eigenvalue weighted by Gasteiger charge is -2.06. The van der Waals surface area contributed by atoms with Gasteiger partial charge >= 0.3 is 0 Å². The Bertz CT molecular complexity index is 1030. The first-order valence-electron chi connectivity index (χ1n) is 8.14. The predicted octanol–water partition coefficient (Wildman–Crippen LogP) is 6.47. The lowest BCUT2D eigenvalue weighted by molar-refractivity contribution is 1.32. The number of anilines is 1. The number of hydrogen-bond acceptors (Lipinski definition) is 4. The molecule has 0 aliphatic rings. The third-order valence-corrected chi connectivity index (χ3v) is 5.44. The van der Waals surface area contributed by atoms with Crippen molar-refractivity contribution in [1.82, 2.24) is 4.98 Å². The molecule has 0 aliphatic carbocycles. The van der Waals surface area contributed by atoms with Gasteiger partial charge in [-0.15, -0.1) is 11.3 Å². The zero-order valence-corrected chi connectivity index (χ0v) is 17.2. The number of rotatable bonds is 4. The van der Waals surface area contributed by atoms with Gasteiger partial charge in [0.15, 0.2) is 0 Å². The maximum absolute atomic E-state index is 9.54. The van der Waals surface area contributed by atoms with Gasteiger partial charge in [0.25, 0.3) is 0 Å². The van der Waals surface area contributed by atoms with Gasteiger partial charge in [0.2, 0.25) is 0 Å². The van der Waals surface area contributed by atoms with Crippen molar-refractivity contribution in [1.29, 1.82) is 5.26 Å². The van der Waals surface area contributed by atoms with Crippen LogP contribution in [0.15, 0.2) is 52.5 Å². The van der Waals surface area contributed by atoms with Crippen molar-refractivity contribution in [3.05, 3.63) is 74.1 Å². The molecule has 2 aromatic carbocycles. The molecule has 3 nitrogen and oxygen atoms in total. The lowest BCUT2D eigenvalue weighted by atomic mass is 10.0. The fraction of sp³-hybridized carbons (Fsp3) is 0.143. The molecule has 0 atom stereocenters. The van der Waals surface area contributed by atoms with Crippen molar-refractivity contribution < 1.29 is 0 Å². The number of nitrogens with one attached hydrogen (secondary N) is 1. The molecular weight excluding hydrogens is 406 g/mol. The van der Waals surface area contributed by atoms with E-state index in [1.54, 1.807) is 6.20 Å². The third kappa shape index (κ3) is 4.04. The van der Waals surface area contributed by atoms with E-state index in [1.165, 1.54) is 22.5 Å². The summed E-state index contributed by atoms with van der Waals surface area (Å²) in [4.78, 5) is 4.67. The Morgan fingerprint density at radius 2 is 1.96 bits per heavy atom. The second-order valence-corrected chi connectivity index (χ2v) is 7.90. The van der Waals surface area contributed by atoms with Crippen molar-refractivity contribution in [3.8, 4) is 17.3 Å². The number of aryl methyl sites for hydroxylation is 3. The summed E-state index contributed by atoms with van der Waals surface area (Å²) in [6.45, 7) is 6.18. The third-order valence-electron chi connectivity index (χ3n) is 4.07. The van der Waals surface area contributed by atoms with Crippen LogP contribution in [0.3, 0.4) is 0 Å². The van der Waals surface area contributed by atoms with E-state index in [-0.39, 0.29) is 0 Å². The second-order valence-electron chi connectivity index (χ2n) is 6.13.